The fourth-order valence-electron chi connectivity index (χ4n) is 2.54. The number of hydrogen-bond donors (Lipinski definition) is 2. The van der Waals surface area contributed by atoms with Crippen LogP contribution in [0.1, 0.15) is 12.0 Å². The molecule has 0 spiro atoms. The van der Waals surface area contributed by atoms with E-state index in [1.165, 1.54) is 0 Å². The van der Waals surface area contributed by atoms with Crippen molar-refractivity contribution in [1.29, 1.82) is 0 Å². The van der Waals surface area contributed by atoms with Crippen LogP contribution in [0.25, 0.3) is 0 Å². The third kappa shape index (κ3) is 3.81. The van der Waals surface area contributed by atoms with E-state index >= 15 is 0 Å². The number of rotatable bonds is 5. The number of carbonyl (C=O) groups excluding carboxylic acids is 2. The van der Waals surface area contributed by atoms with E-state index in [-0.39, 0.29) is 5.91 Å². The first-order chi connectivity index (χ1) is 12.0. The molecule has 1 fully saturated rings. The highest BCUT2D eigenvalue weighted by atomic mass is 19.2. The lowest BCUT2D eigenvalue weighted by Gasteiger charge is -2.08. The maximum atomic E-state index is 13.6. The average molecular weight is 348 g/mol. The van der Waals surface area contributed by atoms with Gasteiger partial charge in [-0.05, 0) is 24.1 Å². The highest BCUT2D eigenvalue weighted by molar-refractivity contribution is 5.99. The van der Waals surface area contributed by atoms with Gasteiger partial charge in [-0.1, -0.05) is 30.3 Å². The summed E-state index contributed by atoms with van der Waals surface area (Å²) in [5.41, 5.74) is 0.487. The van der Waals surface area contributed by atoms with Gasteiger partial charge in [-0.2, -0.15) is 0 Å². The van der Waals surface area contributed by atoms with Crippen molar-refractivity contribution in [1.82, 2.24) is 5.32 Å². The summed E-state index contributed by atoms with van der Waals surface area (Å²) >= 11 is 0. The fraction of sp³-hybridized carbons (Fsp3) is 0.222. The van der Waals surface area contributed by atoms with Gasteiger partial charge in [0.2, 0.25) is 11.8 Å². The van der Waals surface area contributed by atoms with Gasteiger partial charge >= 0.3 is 0 Å². The third-order valence-corrected chi connectivity index (χ3v) is 4.07. The molecule has 2 N–H and O–H groups in total. The second-order valence-corrected chi connectivity index (χ2v) is 5.86. The molecule has 0 saturated heterocycles. The van der Waals surface area contributed by atoms with Crippen LogP contribution in [0.15, 0.2) is 42.5 Å². The number of halogens is 3. The van der Waals surface area contributed by atoms with Crippen molar-refractivity contribution in [2.75, 3.05) is 5.32 Å². The number of benzene rings is 2. The third-order valence-electron chi connectivity index (χ3n) is 4.07. The summed E-state index contributed by atoms with van der Waals surface area (Å²) in [6.45, 7) is 0.350. The van der Waals surface area contributed by atoms with Gasteiger partial charge in [0, 0.05) is 6.54 Å². The van der Waals surface area contributed by atoms with Crippen LogP contribution in [0.3, 0.4) is 0 Å². The molecule has 0 bridgehead atoms. The molecule has 130 valence electrons. The van der Waals surface area contributed by atoms with Crippen LogP contribution in [0.4, 0.5) is 18.9 Å². The predicted octanol–water partition coefficient (Wildman–Crippen LogP) is 2.99. The summed E-state index contributed by atoms with van der Waals surface area (Å²) in [5.74, 6) is -6.41. The van der Waals surface area contributed by atoms with E-state index in [1.54, 1.807) is 0 Å². The lowest BCUT2D eigenvalue weighted by Crippen LogP contribution is -2.27. The molecule has 0 heterocycles. The van der Waals surface area contributed by atoms with Crippen molar-refractivity contribution >= 4 is 17.5 Å². The highest BCUT2D eigenvalue weighted by Crippen LogP contribution is 2.39. The van der Waals surface area contributed by atoms with Crippen molar-refractivity contribution in [2.45, 2.75) is 13.0 Å². The number of amides is 2. The first-order valence-corrected chi connectivity index (χ1v) is 7.73. The standard InChI is InChI=1S/C18H15F3N2O2/c19-13-6-7-14(16(21)15(13)20)23-18(25)12-8-11(12)17(24)22-9-10-4-2-1-3-5-10/h1-7,11-12H,8-9H2,(H,22,24)(H,23,25). The molecule has 0 aromatic heterocycles. The molecule has 0 aliphatic heterocycles. The minimum Gasteiger partial charge on any atom is -0.352 e. The van der Waals surface area contributed by atoms with Gasteiger partial charge in [-0.25, -0.2) is 13.2 Å². The molecule has 2 unspecified atom stereocenters. The van der Waals surface area contributed by atoms with Gasteiger partial charge in [0.25, 0.3) is 0 Å². The Bertz CT molecular complexity index is 811. The van der Waals surface area contributed by atoms with Gasteiger partial charge in [0.15, 0.2) is 17.5 Å². The summed E-state index contributed by atoms with van der Waals surface area (Å²) in [4.78, 5) is 24.1. The van der Waals surface area contributed by atoms with Crippen molar-refractivity contribution < 1.29 is 22.8 Å². The van der Waals surface area contributed by atoms with Crippen LogP contribution in [-0.4, -0.2) is 11.8 Å². The summed E-state index contributed by atoms with van der Waals surface area (Å²) in [7, 11) is 0. The van der Waals surface area contributed by atoms with Crippen molar-refractivity contribution in [2.24, 2.45) is 11.8 Å². The minimum absolute atomic E-state index is 0.269. The summed E-state index contributed by atoms with van der Waals surface area (Å²) < 4.78 is 39.6. The van der Waals surface area contributed by atoms with E-state index in [4.69, 9.17) is 0 Å². The molecule has 25 heavy (non-hydrogen) atoms. The molecule has 2 amide bonds. The topological polar surface area (TPSA) is 58.2 Å². The smallest absolute Gasteiger partial charge is 0.228 e. The molecule has 2 aromatic carbocycles. The number of hydrogen-bond acceptors (Lipinski definition) is 2. The molecule has 3 rings (SSSR count). The zero-order valence-corrected chi connectivity index (χ0v) is 13.1. The van der Waals surface area contributed by atoms with Gasteiger partial charge in [-0.15, -0.1) is 0 Å². The second-order valence-electron chi connectivity index (χ2n) is 5.86. The zero-order chi connectivity index (χ0) is 18.0. The lowest BCUT2D eigenvalue weighted by molar-refractivity contribution is -0.125. The molecule has 2 aromatic rings. The molecule has 4 nitrogen and oxygen atoms in total. The van der Waals surface area contributed by atoms with E-state index in [0.29, 0.717) is 13.0 Å². The second kappa shape index (κ2) is 6.96. The van der Waals surface area contributed by atoms with Crippen molar-refractivity contribution in [3.05, 3.63) is 65.5 Å². The Hall–Kier alpha value is -2.83. The SMILES string of the molecule is O=C(NCc1ccccc1)C1CC1C(=O)Nc1ccc(F)c(F)c1F. The van der Waals surface area contributed by atoms with E-state index in [9.17, 15) is 22.8 Å². The lowest BCUT2D eigenvalue weighted by atomic mass is 10.2. The summed E-state index contributed by atoms with van der Waals surface area (Å²) in [6, 6.07) is 11.0. The van der Waals surface area contributed by atoms with E-state index in [2.05, 4.69) is 10.6 Å². The Morgan fingerprint density at radius 3 is 2.32 bits per heavy atom. The maximum absolute atomic E-state index is 13.6. The van der Waals surface area contributed by atoms with E-state index < -0.39 is 40.9 Å². The molecule has 7 heteroatoms. The average Bonchev–Trinajstić information content (AvgIpc) is 3.42. The quantitative estimate of drug-likeness (QED) is 0.816. The number of nitrogens with one attached hydrogen (secondary N) is 2. The Labute approximate surface area is 142 Å². The Morgan fingerprint density at radius 1 is 0.920 bits per heavy atom. The zero-order valence-electron chi connectivity index (χ0n) is 13.1. The fourth-order valence-corrected chi connectivity index (χ4v) is 2.54. The molecule has 2 atom stereocenters. The minimum atomic E-state index is -1.65. The van der Waals surface area contributed by atoms with Crippen molar-refractivity contribution in [3.63, 3.8) is 0 Å². The highest BCUT2D eigenvalue weighted by Gasteiger charge is 2.48. The molecule has 1 aliphatic carbocycles. The van der Waals surface area contributed by atoms with Gasteiger partial charge in [0.05, 0.1) is 17.5 Å². The first kappa shape index (κ1) is 17.0. The van der Waals surface area contributed by atoms with Crippen LogP contribution in [-0.2, 0) is 16.1 Å². The maximum Gasteiger partial charge on any atom is 0.228 e. The van der Waals surface area contributed by atoms with Gasteiger partial charge < -0.3 is 10.6 Å². The normalized spacial score (nSPS) is 18.5. The molecule has 0 radical (unpaired) electrons. The molecule has 1 saturated carbocycles. The number of anilines is 1. The monoisotopic (exact) mass is 348 g/mol. The first-order valence-electron chi connectivity index (χ1n) is 7.73. The predicted molar refractivity (Wildman–Crippen MR) is 84.8 cm³/mol. The largest absolute Gasteiger partial charge is 0.352 e. The Balaban J connectivity index is 1.53. The van der Waals surface area contributed by atoms with Gasteiger partial charge in [-0.3, -0.25) is 9.59 Å². The summed E-state index contributed by atoms with van der Waals surface area (Å²) in [5, 5.41) is 4.93. The molecule has 1 aliphatic rings. The van der Waals surface area contributed by atoms with Crippen LogP contribution >= 0.6 is 0 Å². The Kier molecular flexibility index (Phi) is 4.74. The Morgan fingerprint density at radius 2 is 1.60 bits per heavy atom. The number of carbonyl (C=O) groups is 2. The van der Waals surface area contributed by atoms with E-state index in [1.807, 2.05) is 30.3 Å². The van der Waals surface area contributed by atoms with Crippen LogP contribution in [0, 0.1) is 29.3 Å². The van der Waals surface area contributed by atoms with Gasteiger partial charge in [0.1, 0.15) is 0 Å². The molecular weight excluding hydrogens is 333 g/mol. The van der Waals surface area contributed by atoms with Crippen LogP contribution < -0.4 is 10.6 Å². The van der Waals surface area contributed by atoms with Crippen LogP contribution in [0.2, 0.25) is 0 Å². The van der Waals surface area contributed by atoms with Crippen molar-refractivity contribution in [3.8, 4) is 0 Å². The van der Waals surface area contributed by atoms with E-state index in [0.717, 1.165) is 17.7 Å². The van der Waals surface area contributed by atoms with Crippen LogP contribution in [0.5, 0.6) is 0 Å². The summed E-state index contributed by atoms with van der Waals surface area (Å²) in [6.07, 6.45) is 0.331. The molecular formula is C18H15F3N2O2.